The number of aromatic nitrogens is 1. The Kier molecular flexibility index (Phi) is 8.31. The molecule has 0 fully saturated rings. The molecule has 0 unspecified atom stereocenters. The van der Waals surface area contributed by atoms with Crippen LogP contribution in [0, 0.1) is 6.92 Å². The summed E-state index contributed by atoms with van der Waals surface area (Å²) in [5.74, 6) is 0.933. The molecular weight excluding hydrogens is 410 g/mol. The van der Waals surface area contributed by atoms with E-state index in [-0.39, 0.29) is 5.91 Å². The third-order valence-electron chi connectivity index (χ3n) is 5.00. The maximum Gasteiger partial charge on any atom is 0.229 e. The number of anilines is 1. The van der Waals surface area contributed by atoms with Crippen molar-refractivity contribution in [3.8, 4) is 0 Å². The highest BCUT2D eigenvalue weighted by atomic mass is 32.2. The molecule has 3 aromatic rings. The van der Waals surface area contributed by atoms with Crippen LogP contribution in [0.5, 0.6) is 0 Å². The van der Waals surface area contributed by atoms with Crippen molar-refractivity contribution >= 4 is 44.4 Å². The first-order valence-corrected chi connectivity index (χ1v) is 12.3. The van der Waals surface area contributed by atoms with Gasteiger partial charge in [-0.05, 0) is 64.2 Å². The number of rotatable bonds is 10. The molecule has 160 valence electrons. The highest BCUT2D eigenvalue weighted by molar-refractivity contribution is 7.99. The molecule has 0 radical (unpaired) electrons. The normalized spacial score (nSPS) is 11.4. The fourth-order valence-corrected chi connectivity index (χ4v) is 5.19. The van der Waals surface area contributed by atoms with E-state index in [2.05, 4.69) is 75.3 Å². The molecular formula is C24H31N3OS2. The quantitative estimate of drug-likeness (QED) is 0.382. The second-order valence-corrected chi connectivity index (χ2v) is 9.91. The van der Waals surface area contributed by atoms with E-state index in [9.17, 15) is 4.79 Å². The lowest BCUT2D eigenvalue weighted by Crippen LogP contribution is -2.33. The molecule has 4 nitrogen and oxygen atoms in total. The summed E-state index contributed by atoms with van der Waals surface area (Å²) >= 11 is 3.36. The van der Waals surface area contributed by atoms with Gasteiger partial charge in [-0.15, -0.1) is 11.8 Å². The van der Waals surface area contributed by atoms with E-state index < -0.39 is 0 Å². The Morgan fingerprint density at radius 2 is 1.87 bits per heavy atom. The van der Waals surface area contributed by atoms with E-state index in [1.54, 1.807) is 23.1 Å². The number of thiazole rings is 1. The van der Waals surface area contributed by atoms with Crippen LogP contribution in [0.1, 0.15) is 30.9 Å². The number of carbonyl (C=O) groups is 1. The first-order valence-electron chi connectivity index (χ1n) is 10.5. The van der Waals surface area contributed by atoms with Crippen molar-refractivity contribution in [2.24, 2.45) is 0 Å². The molecule has 0 aliphatic rings. The zero-order valence-electron chi connectivity index (χ0n) is 18.4. The van der Waals surface area contributed by atoms with Gasteiger partial charge in [0.2, 0.25) is 5.91 Å². The fraction of sp³-hybridized carbons (Fsp3) is 0.417. The minimum Gasteiger partial charge on any atom is -0.309 e. The Hall–Kier alpha value is -1.89. The van der Waals surface area contributed by atoms with Gasteiger partial charge in [-0.25, -0.2) is 4.98 Å². The van der Waals surface area contributed by atoms with Crippen molar-refractivity contribution in [1.82, 2.24) is 9.88 Å². The van der Waals surface area contributed by atoms with E-state index in [0.29, 0.717) is 13.0 Å². The van der Waals surface area contributed by atoms with Crippen LogP contribution in [-0.2, 0) is 11.2 Å². The standard InChI is InChI=1S/C24H31N3OS2/c1-5-19-8-6-9-21-23(19)25-24(30-21)27(16-7-15-26(3)4)22(28)14-17-29-20-12-10-18(2)11-13-20/h6,8-13H,5,7,14-17H2,1-4H3. The minimum absolute atomic E-state index is 0.158. The molecule has 2 aromatic carbocycles. The zero-order valence-corrected chi connectivity index (χ0v) is 20.0. The summed E-state index contributed by atoms with van der Waals surface area (Å²) in [5, 5.41) is 0.829. The van der Waals surface area contributed by atoms with Crippen LogP contribution in [0.15, 0.2) is 47.4 Å². The number of nitrogens with zero attached hydrogens (tertiary/aromatic N) is 3. The second-order valence-electron chi connectivity index (χ2n) is 7.73. The van der Waals surface area contributed by atoms with E-state index in [0.717, 1.165) is 40.5 Å². The van der Waals surface area contributed by atoms with E-state index in [4.69, 9.17) is 4.98 Å². The van der Waals surface area contributed by atoms with Crippen LogP contribution in [0.25, 0.3) is 10.2 Å². The molecule has 1 aromatic heterocycles. The van der Waals surface area contributed by atoms with Gasteiger partial charge < -0.3 is 4.90 Å². The number of hydrogen-bond acceptors (Lipinski definition) is 5. The van der Waals surface area contributed by atoms with Crippen LogP contribution in [0.4, 0.5) is 5.13 Å². The number of aryl methyl sites for hydroxylation is 2. The summed E-state index contributed by atoms with van der Waals surface area (Å²) in [5.41, 5.74) is 3.54. The number of hydrogen-bond donors (Lipinski definition) is 0. The monoisotopic (exact) mass is 441 g/mol. The van der Waals surface area contributed by atoms with Crippen LogP contribution >= 0.6 is 23.1 Å². The maximum absolute atomic E-state index is 13.2. The molecule has 0 spiro atoms. The average molecular weight is 442 g/mol. The maximum atomic E-state index is 13.2. The molecule has 30 heavy (non-hydrogen) atoms. The molecule has 1 heterocycles. The molecule has 0 atom stereocenters. The number of benzene rings is 2. The van der Waals surface area contributed by atoms with Gasteiger partial charge in [-0.1, -0.05) is 48.1 Å². The smallest absolute Gasteiger partial charge is 0.229 e. The van der Waals surface area contributed by atoms with Gasteiger partial charge in [0.05, 0.1) is 10.2 Å². The Morgan fingerprint density at radius 3 is 2.57 bits per heavy atom. The largest absolute Gasteiger partial charge is 0.309 e. The highest BCUT2D eigenvalue weighted by Gasteiger charge is 2.20. The van der Waals surface area contributed by atoms with Gasteiger partial charge in [0, 0.05) is 23.6 Å². The van der Waals surface area contributed by atoms with Crippen molar-refractivity contribution in [3.05, 3.63) is 53.6 Å². The number of para-hydroxylation sites is 1. The Morgan fingerprint density at radius 1 is 1.10 bits per heavy atom. The lowest BCUT2D eigenvalue weighted by Gasteiger charge is -2.21. The van der Waals surface area contributed by atoms with Crippen LogP contribution in [-0.4, -0.2) is 48.7 Å². The van der Waals surface area contributed by atoms with Crippen LogP contribution in [0.3, 0.4) is 0 Å². The van der Waals surface area contributed by atoms with Crippen molar-refractivity contribution < 1.29 is 4.79 Å². The third-order valence-corrected chi connectivity index (χ3v) is 7.05. The van der Waals surface area contributed by atoms with Gasteiger partial charge in [0.25, 0.3) is 0 Å². The predicted octanol–water partition coefficient (Wildman–Crippen LogP) is 5.63. The lowest BCUT2D eigenvalue weighted by molar-refractivity contribution is -0.118. The molecule has 0 aliphatic carbocycles. The lowest BCUT2D eigenvalue weighted by atomic mass is 10.1. The fourth-order valence-electron chi connectivity index (χ4n) is 3.29. The van der Waals surface area contributed by atoms with Crippen LogP contribution in [0.2, 0.25) is 0 Å². The Labute approximate surface area is 188 Å². The van der Waals surface area contributed by atoms with E-state index in [1.165, 1.54) is 16.0 Å². The first kappa shape index (κ1) is 22.8. The van der Waals surface area contributed by atoms with E-state index in [1.807, 2.05) is 4.90 Å². The number of amides is 1. The molecule has 6 heteroatoms. The van der Waals surface area contributed by atoms with E-state index >= 15 is 0 Å². The van der Waals surface area contributed by atoms with Gasteiger partial charge in [-0.2, -0.15) is 0 Å². The number of thioether (sulfide) groups is 1. The summed E-state index contributed by atoms with van der Waals surface area (Å²) in [6.07, 6.45) is 2.39. The van der Waals surface area contributed by atoms with Gasteiger partial charge in [0.15, 0.2) is 5.13 Å². The van der Waals surface area contributed by atoms with Crippen molar-refractivity contribution in [1.29, 1.82) is 0 Å². The van der Waals surface area contributed by atoms with Gasteiger partial charge >= 0.3 is 0 Å². The van der Waals surface area contributed by atoms with Gasteiger partial charge in [0.1, 0.15) is 0 Å². The molecule has 0 N–H and O–H groups in total. The van der Waals surface area contributed by atoms with Crippen molar-refractivity contribution in [2.75, 3.05) is 37.8 Å². The molecule has 0 bridgehead atoms. The Bertz CT molecular complexity index is 966. The molecule has 0 aliphatic heterocycles. The summed E-state index contributed by atoms with van der Waals surface area (Å²) in [6, 6.07) is 14.8. The topological polar surface area (TPSA) is 36.4 Å². The highest BCUT2D eigenvalue weighted by Crippen LogP contribution is 2.32. The van der Waals surface area contributed by atoms with Crippen molar-refractivity contribution in [2.45, 2.75) is 38.0 Å². The third kappa shape index (κ3) is 6.06. The average Bonchev–Trinajstić information content (AvgIpc) is 3.16. The SMILES string of the molecule is CCc1cccc2sc(N(CCCN(C)C)C(=O)CCSc3ccc(C)cc3)nc12. The first-order chi connectivity index (χ1) is 14.5. The molecule has 0 saturated carbocycles. The minimum atomic E-state index is 0.158. The second kappa shape index (κ2) is 10.9. The van der Waals surface area contributed by atoms with Gasteiger partial charge in [-0.3, -0.25) is 9.69 Å². The summed E-state index contributed by atoms with van der Waals surface area (Å²) < 4.78 is 1.16. The predicted molar refractivity (Wildman–Crippen MR) is 131 cm³/mol. The summed E-state index contributed by atoms with van der Waals surface area (Å²) in [4.78, 5) is 23.3. The summed E-state index contributed by atoms with van der Waals surface area (Å²) in [6.45, 7) is 5.89. The number of fused-ring (bicyclic) bond motifs is 1. The molecule has 3 rings (SSSR count). The summed E-state index contributed by atoms with van der Waals surface area (Å²) in [7, 11) is 4.13. The molecule has 0 saturated heterocycles. The zero-order chi connectivity index (χ0) is 21.5. The Balaban J connectivity index is 1.72. The van der Waals surface area contributed by atoms with Crippen LogP contribution < -0.4 is 4.90 Å². The van der Waals surface area contributed by atoms with Crippen molar-refractivity contribution in [3.63, 3.8) is 0 Å². The molecule has 1 amide bonds. The number of carbonyl (C=O) groups excluding carboxylic acids is 1.